The highest BCUT2D eigenvalue weighted by Crippen LogP contribution is 2.28. The Hall–Kier alpha value is -0.260. The van der Waals surface area contributed by atoms with Gasteiger partial charge in [0.05, 0.1) is 0 Å². The molecule has 0 heteroatoms. The van der Waals surface area contributed by atoms with E-state index in [1.54, 1.807) is 0 Å². The molecular formula is C14H28. The van der Waals surface area contributed by atoms with Crippen molar-refractivity contribution in [3.63, 3.8) is 0 Å². The van der Waals surface area contributed by atoms with Crippen LogP contribution < -0.4 is 0 Å². The van der Waals surface area contributed by atoms with Gasteiger partial charge in [0.15, 0.2) is 0 Å². The summed E-state index contributed by atoms with van der Waals surface area (Å²) in [5.74, 6) is 0.763. The standard InChI is InChI=1S/C14H28/c1-12(14(5,6)7)10-8-9-11-13(2,3)4/h8-9,12H,10-11H2,1-7H3/b9-8-. The lowest BCUT2D eigenvalue weighted by Gasteiger charge is -2.26. The molecule has 0 aromatic heterocycles. The number of rotatable bonds is 3. The quantitative estimate of drug-likeness (QED) is 0.554. The average Bonchev–Trinajstić information content (AvgIpc) is 1.93. The lowest BCUT2D eigenvalue weighted by Crippen LogP contribution is -2.16. The van der Waals surface area contributed by atoms with Crippen molar-refractivity contribution in [3.8, 4) is 0 Å². The average molecular weight is 196 g/mol. The van der Waals surface area contributed by atoms with Gasteiger partial charge < -0.3 is 0 Å². The molecule has 0 aromatic rings. The molecule has 0 aliphatic heterocycles. The molecule has 0 bridgehead atoms. The zero-order chi connectivity index (χ0) is 11.4. The molecule has 0 aliphatic rings. The second-order valence-electron chi connectivity index (χ2n) is 6.74. The monoisotopic (exact) mass is 196 g/mol. The molecule has 0 rings (SSSR count). The first-order valence-corrected chi connectivity index (χ1v) is 5.78. The maximum atomic E-state index is 2.35. The Morgan fingerprint density at radius 2 is 1.43 bits per heavy atom. The summed E-state index contributed by atoms with van der Waals surface area (Å²) in [6.07, 6.45) is 7.08. The Bertz CT molecular complexity index is 173. The molecule has 0 aromatic carbocycles. The normalized spacial score (nSPS) is 16.2. The summed E-state index contributed by atoms with van der Waals surface area (Å²) >= 11 is 0. The molecule has 0 saturated heterocycles. The highest BCUT2D eigenvalue weighted by molar-refractivity contribution is 4.88. The second kappa shape index (κ2) is 5.00. The fraction of sp³-hybridized carbons (Fsp3) is 0.857. The molecule has 0 heterocycles. The topological polar surface area (TPSA) is 0 Å². The maximum Gasteiger partial charge on any atom is -0.0302 e. The Kier molecular flexibility index (Phi) is 4.91. The van der Waals surface area contributed by atoms with Crippen LogP contribution in [-0.2, 0) is 0 Å². The van der Waals surface area contributed by atoms with E-state index >= 15 is 0 Å². The van der Waals surface area contributed by atoms with Gasteiger partial charge in [-0.2, -0.15) is 0 Å². The summed E-state index contributed by atoms with van der Waals surface area (Å²) in [5, 5.41) is 0. The van der Waals surface area contributed by atoms with E-state index in [1.165, 1.54) is 12.8 Å². The lowest BCUT2D eigenvalue weighted by atomic mass is 9.80. The molecule has 0 N–H and O–H groups in total. The fourth-order valence-electron chi connectivity index (χ4n) is 1.09. The van der Waals surface area contributed by atoms with Gasteiger partial charge >= 0.3 is 0 Å². The van der Waals surface area contributed by atoms with Crippen LogP contribution in [0, 0.1) is 16.7 Å². The van der Waals surface area contributed by atoms with Crippen molar-refractivity contribution < 1.29 is 0 Å². The number of hydrogen-bond donors (Lipinski definition) is 0. The van der Waals surface area contributed by atoms with E-state index in [1.807, 2.05) is 0 Å². The molecule has 1 atom stereocenters. The molecule has 84 valence electrons. The van der Waals surface area contributed by atoms with E-state index in [9.17, 15) is 0 Å². The molecule has 0 spiro atoms. The van der Waals surface area contributed by atoms with Gasteiger partial charge in [-0.3, -0.25) is 0 Å². The van der Waals surface area contributed by atoms with Crippen LogP contribution in [0.4, 0.5) is 0 Å². The van der Waals surface area contributed by atoms with E-state index in [4.69, 9.17) is 0 Å². The van der Waals surface area contributed by atoms with Crippen LogP contribution in [0.5, 0.6) is 0 Å². The van der Waals surface area contributed by atoms with E-state index < -0.39 is 0 Å². The van der Waals surface area contributed by atoms with Crippen LogP contribution in [0.1, 0.15) is 61.3 Å². The zero-order valence-electron chi connectivity index (χ0n) is 11.1. The highest BCUT2D eigenvalue weighted by atomic mass is 14.2. The van der Waals surface area contributed by atoms with E-state index in [0.717, 1.165) is 5.92 Å². The van der Waals surface area contributed by atoms with Gasteiger partial charge in [0.1, 0.15) is 0 Å². The minimum absolute atomic E-state index is 0.432. The van der Waals surface area contributed by atoms with Crippen LogP contribution in [0.15, 0.2) is 12.2 Å². The first kappa shape index (κ1) is 13.7. The zero-order valence-corrected chi connectivity index (χ0v) is 11.1. The van der Waals surface area contributed by atoms with Crippen molar-refractivity contribution in [2.75, 3.05) is 0 Å². The minimum atomic E-state index is 0.432. The molecule has 0 aliphatic carbocycles. The van der Waals surface area contributed by atoms with Crippen molar-refractivity contribution in [2.24, 2.45) is 16.7 Å². The Balaban J connectivity index is 3.84. The van der Waals surface area contributed by atoms with Gasteiger partial charge in [-0.25, -0.2) is 0 Å². The predicted octanol–water partition coefficient (Wildman–Crippen LogP) is 5.05. The summed E-state index contributed by atoms with van der Waals surface area (Å²) in [4.78, 5) is 0. The molecule has 0 amide bonds. The molecule has 0 fully saturated rings. The van der Waals surface area contributed by atoms with Crippen molar-refractivity contribution in [2.45, 2.75) is 61.3 Å². The first-order chi connectivity index (χ1) is 6.13. The van der Waals surface area contributed by atoms with Gasteiger partial charge in [0.25, 0.3) is 0 Å². The molecule has 0 radical (unpaired) electrons. The Morgan fingerprint density at radius 3 is 1.79 bits per heavy atom. The number of allylic oxidation sites excluding steroid dienone is 2. The van der Waals surface area contributed by atoms with Crippen LogP contribution >= 0.6 is 0 Å². The molecule has 14 heavy (non-hydrogen) atoms. The van der Waals surface area contributed by atoms with Crippen molar-refractivity contribution >= 4 is 0 Å². The van der Waals surface area contributed by atoms with E-state index in [-0.39, 0.29) is 0 Å². The van der Waals surface area contributed by atoms with Crippen molar-refractivity contribution in [1.29, 1.82) is 0 Å². The van der Waals surface area contributed by atoms with Gasteiger partial charge in [-0.15, -0.1) is 0 Å². The summed E-state index contributed by atoms with van der Waals surface area (Å²) in [6.45, 7) is 16.1. The predicted molar refractivity (Wildman–Crippen MR) is 66.4 cm³/mol. The van der Waals surface area contributed by atoms with Gasteiger partial charge in [0.2, 0.25) is 0 Å². The van der Waals surface area contributed by atoms with E-state index in [0.29, 0.717) is 10.8 Å². The number of hydrogen-bond acceptors (Lipinski definition) is 0. The molecule has 0 saturated carbocycles. The van der Waals surface area contributed by atoms with Crippen molar-refractivity contribution in [3.05, 3.63) is 12.2 Å². The third-order valence-electron chi connectivity index (χ3n) is 2.86. The molecule has 1 unspecified atom stereocenters. The largest absolute Gasteiger partial charge is 0.0882 e. The second-order valence-corrected chi connectivity index (χ2v) is 6.74. The minimum Gasteiger partial charge on any atom is -0.0882 e. The molecule has 0 nitrogen and oxygen atoms in total. The summed E-state index contributed by atoms with van der Waals surface area (Å²) in [6, 6.07) is 0. The van der Waals surface area contributed by atoms with Crippen LogP contribution in [0.3, 0.4) is 0 Å². The summed E-state index contributed by atoms with van der Waals surface area (Å²) in [7, 11) is 0. The first-order valence-electron chi connectivity index (χ1n) is 5.78. The van der Waals surface area contributed by atoms with E-state index in [2.05, 4.69) is 60.6 Å². The fourth-order valence-corrected chi connectivity index (χ4v) is 1.09. The Labute approximate surface area is 90.8 Å². The van der Waals surface area contributed by atoms with Gasteiger partial charge in [0, 0.05) is 0 Å². The summed E-state index contributed by atoms with van der Waals surface area (Å²) in [5.41, 5.74) is 0.869. The maximum absolute atomic E-state index is 2.35. The highest BCUT2D eigenvalue weighted by Gasteiger charge is 2.18. The van der Waals surface area contributed by atoms with Crippen LogP contribution in [-0.4, -0.2) is 0 Å². The lowest BCUT2D eigenvalue weighted by molar-refractivity contribution is 0.263. The van der Waals surface area contributed by atoms with Crippen LogP contribution in [0.2, 0.25) is 0 Å². The van der Waals surface area contributed by atoms with Crippen molar-refractivity contribution in [1.82, 2.24) is 0 Å². The third-order valence-corrected chi connectivity index (χ3v) is 2.86. The summed E-state index contributed by atoms with van der Waals surface area (Å²) < 4.78 is 0. The van der Waals surface area contributed by atoms with Crippen LogP contribution in [0.25, 0.3) is 0 Å². The third kappa shape index (κ3) is 7.17. The molecular weight excluding hydrogens is 168 g/mol. The van der Waals surface area contributed by atoms with Gasteiger partial charge in [-0.05, 0) is 29.6 Å². The van der Waals surface area contributed by atoms with Gasteiger partial charge in [-0.1, -0.05) is 60.6 Å². The SMILES string of the molecule is CC(C/C=C\CC(C)(C)C)C(C)(C)C. The smallest absolute Gasteiger partial charge is 0.0302 e. The Morgan fingerprint density at radius 1 is 0.929 bits per heavy atom.